The average Bonchev–Trinajstić information content (AvgIpc) is 2.80. The first-order valence-electron chi connectivity index (χ1n) is 6.26. The SMILES string of the molecule is CCNc1cnc(Cn2ccnc2C(C)C)cn1. The number of hydrogen-bond acceptors (Lipinski definition) is 4. The Morgan fingerprint density at radius 3 is 2.67 bits per heavy atom. The van der Waals surface area contributed by atoms with E-state index >= 15 is 0 Å². The summed E-state index contributed by atoms with van der Waals surface area (Å²) in [5, 5.41) is 3.13. The summed E-state index contributed by atoms with van der Waals surface area (Å²) in [6.45, 7) is 7.88. The zero-order valence-corrected chi connectivity index (χ0v) is 11.1. The van der Waals surface area contributed by atoms with Gasteiger partial charge in [-0.1, -0.05) is 13.8 Å². The van der Waals surface area contributed by atoms with Crippen molar-refractivity contribution in [2.24, 2.45) is 0 Å². The summed E-state index contributed by atoms with van der Waals surface area (Å²) in [4.78, 5) is 13.1. The van der Waals surface area contributed by atoms with Crippen LogP contribution in [0.15, 0.2) is 24.8 Å². The standard InChI is InChI=1S/C13H19N5/c1-4-14-12-8-16-11(7-17-12)9-18-6-5-15-13(18)10(2)3/h5-8,10H,4,9H2,1-3H3,(H,14,17). The molecule has 2 aromatic heterocycles. The van der Waals surface area contributed by atoms with E-state index in [0.29, 0.717) is 12.5 Å². The van der Waals surface area contributed by atoms with Gasteiger partial charge in [0.05, 0.1) is 24.6 Å². The van der Waals surface area contributed by atoms with Crippen LogP contribution in [0.3, 0.4) is 0 Å². The Labute approximate surface area is 107 Å². The maximum absolute atomic E-state index is 4.40. The van der Waals surface area contributed by atoms with Crippen molar-refractivity contribution in [1.82, 2.24) is 19.5 Å². The lowest BCUT2D eigenvalue weighted by Crippen LogP contribution is -2.08. The fourth-order valence-corrected chi connectivity index (χ4v) is 1.84. The lowest BCUT2D eigenvalue weighted by atomic mass is 10.2. The Hall–Kier alpha value is -1.91. The molecule has 0 atom stereocenters. The van der Waals surface area contributed by atoms with Gasteiger partial charge in [0.2, 0.25) is 0 Å². The third kappa shape index (κ3) is 2.85. The molecule has 96 valence electrons. The van der Waals surface area contributed by atoms with Gasteiger partial charge in [-0.25, -0.2) is 9.97 Å². The molecule has 0 bridgehead atoms. The highest BCUT2D eigenvalue weighted by Gasteiger charge is 2.08. The van der Waals surface area contributed by atoms with Crippen LogP contribution < -0.4 is 5.32 Å². The molecule has 0 aliphatic heterocycles. The van der Waals surface area contributed by atoms with Gasteiger partial charge in [0.15, 0.2) is 0 Å². The highest BCUT2D eigenvalue weighted by Crippen LogP contribution is 2.13. The number of nitrogens with one attached hydrogen (secondary N) is 1. The lowest BCUT2D eigenvalue weighted by molar-refractivity contribution is 0.659. The Morgan fingerprint density at radius 2 is 2.06 bits per heavy atom. The van der Waals surface area contributed by atoms with Crippen molar-refractivity contribution >= 4 is 5.82 Å². The largest absolute Gasteiger partial charge is 0.369 e. The molecule has 2 heterocycles. The maximum Gasteiger partial charge on any atom is 0.144 e. The second-order valence-corrected chi connectivity index (χ2v) is 4.49. The zero-order valence-electron chi connectivity index (χ0n) is 11.1. The monoisotopic (exact) mass is 245 g/mol. The first-order valence-corrected chi connectivity index (χ1v) is 6.26. The molecule has 5 heteroatoms. The van der Waals surface area contributed by atoms with Gasteiger partial charge in [-0.05, 0) is 6.92 Å². The van der Waals surface area contributed by atoms with E-state index in [1.807, 2.05) is 25.5 Å². The molecule has 0 amide bonds. The summed E-state index contributed by atoms with van der Waals surface area (Å²) in [5.41, 5.74) is 0.941. The van der Waals surface area contributed by atoms with Gasteiger partial charge in [0.25, 0.3) is 0 Å². The first kappa shape index (κ1) is 12.5. The molecule has 2 aromatic rings. The van der Waals surface area contributed by atoms with E-state index in [1.54, 1.807) is 6.20 Å². The fourth-order valence-electron chi connectivity index (χ4n) is 1.84. The molecule has 0 aliphatic carbocycles. The van der Waals surface area contributed by atoms with Crippen LogP contribution in [0.4, 0.5) is 5.82 Å². The Morgan fingerprint density at radius 1 is 1.22 bits per heavy atom. The molecule has 5 nitrogen and oxygen atoms in total. The van der Waals surface area contributed by atoms with Gasteiger partial charge < -0.3 is 9.88 Å². The summed E-state index contributed by atoms with van der Waals surface area (Å²) in [6.07, 6.45) is 7.39. The van der Waals surface area contributed by atoms with Crippen molar-refractivity contribution in [2.45, 2.75) is 33.2 Å². The van der Waals surface area contributed by atoms with Crippen LogP contribution in [0.5, 0.6) is 0 Å². The van der Waals surface area contributed by atoms with Crippen LogP contribution in [-0.4, -0.2) is 26.1 Å². The van der Waals surface area contributed by atoms with E-state index in [1.165, 1.54) is 0 Å². The van der Waals surface area contributed by atoms with Gasteiger partial charge >= 0.3 is 0 Å². The molecule has 0 aromatic carbocycles. The summed E-state index contributed by atoms with van der Waals surface area (Å²) in [6, 6.07) is 0. The van der Waals surface area contributed by atoms with E-state index in [9.17, 15) is 0 Å². The zero-order chi connectivity index (χ0) is 13.0. The molecule has 2 rings (SSSR count). The van der Waals surface area contributed by atoms with Gasteiger partial charge in [0, 0.05) is 24.9 Å². The molecule has 0 radical (unpaired) electrons. The van der Waals surface area contributed by atoms with Crippen LogP contribution in [0.25, 0.3) is 0 Å². The second kappa shape index (κ2) is 5.62. The van der Waals surface area contributed by atoms with Crippen molar-refractivity contribution < 1.29 is 0 Å². The van der Waals surface area contributed by atoms with Gasteiger partial charge in [-0.15, -0.1) is 0 Å². The molecular formula is C13H19N5. The number of anilines is 1. The summed E-state index contributed by atoms with van der Waals surface area (Å²) >= 11 is 0. The van der Waals surface area contributed by atoms with E-state index in [2.05, 4.69) is 38.7 Å². The highest BCUT2D eigenvalue weighted by atomic mass is 15.1. The summed E-state index contributed by atoms with van der Waals surface area (Å²) in [5.74, 6) is 2.30. The average molecular weight is 245 g/mol. The second-order valence-electron chi connectivity index (χ2n) is 4.49. The molecule has 0 aliphatic rings. The van der Waals surface area contributed by atoms with E-state index in [4.69, 9.17) is 0 Å². The minimum atomic E-state index is 0.411. The summed E-state index contributed by atoms with van der Waals surface area (Å²) in [7, 11) is 0. The quantitative estimate of drug-likeness (QED) is 0.878. The molecule has 0 spiro atoms. The minimum absolute atomic E-state index is 0.411. The molecule has 0 unspecified atom stereocenters. The molecule has 1 N–H and O–H groups in total. The third-order valence-corrected chi connectivity index (χ3v) is 2.66. The first-order chi connectivity index (χ1) is 8.70. The predicted molar refractivity (Wildman–Crippen MR) is 71.6 cm³/mol. The lowest BCUT2D eigenvalue weighted by Gasteiger charge is -2.10. The number of rotatable bonds is 5. The van der Waals surface area contributed by atoms with E-state index in [-0.39, 0.29) is 0 Å². The maximum atomic E-state index is 4.40. The smallest absolute Gasteiger partial charge is 0.144 e. The van der Waals surface area contributed by atoms with Crippen LogP contribution in [-0.2, 0) is 6.54 Å². The van der Waals surface area contributed by atoms with Crippen LogP contribution >= 0.6 is 0 Å². The molecule has 0 fully saturated rings. The molecule has 0 saturated carbocycles. The molecule has 0 saturated heterocycles. The van der Waals surface area contributed by atoms with E-state index in [0.717, 1.165) is 23.9 Å². The Kier molecular flexibility index (Phi) is 3.92. The number of nitrogens with zero attached hydrogens (tertiary/aromatic N) is 4. The molecular weight excluding hydrogens is 226 g/mol. The minimum Gasteiger partial charge on any atom is -0.369 e. The fraction of sp³-hybridized carbons (Fsp3) is 0.462. The highest BCUT2D eigenvalue weighted by molar-refractivity contribution is 5.30. The van der Waals surface area contributed by atoms with Gasteiger partial charge in [-0.2, -0.15) is 0 Å². The number of hydrogen-bond donors (Lipinski definition) is 1. The number of aromatic nitrogens is 4. The van der Waals surface area contributed by atoms with Crippen LogP contribution in [0.2, 0.25) is 0 Å². The Bertz CT molecular complexity index is 486. The molecule has 18 heavy (non-hydrogen) atoms. The van der Waals surface area contributed by atoms with Gasteiger partial charge in [-0.3, -0.25) is 4.98 Å². The van der Waals surface area contributed by atoms with E-state index < -0.39 is 0 Å². The van der Waals surface area contributed by atoms with Crippen molar-refractivity contribution in [3.63, 3.8) is 0 Å². The normalized spacial score (nSPS) is 10.9. The van der Waals surface area contributed by atoms with Gasteiger partial charge in [0.1, 0.15) is 11.6 Å². The topological polar surface area (TPSA) is 55.6 Å². The van der Waals surface area contributed by atoms with Crippen molar-refractivity contribution in [1.29, 1.82) is 0 Å². The number of imidazole rings is 1. The van der Waals surface area contributed by atoms with Crippen molar-refractivity contribution in [3.8, 4) is 0 Å². The van der Waals surface area contributed by atoms with Crippen molar-refractivity contribution in [2.75, 3.05) is 11.9 Å². The van der Waals surface area contributed by atoms with Crippen molar-refractivity contribution in [3.05, 3.63) is 36.3 Å². The summed E-state index contributed by atoms with van der Waals surface area (Å²) < 4.78 is 2.11. The van der Waals surface area contributed by atoms with Crippen LogP contribution in [0.1, 0.15) is 38.2 Å². The Balaban J connectivity index is 2.11. The van der Waals surface area contributed by atoms with Crippen LogP contribution in [0, 0.1) is 0 Å². The predicted octanol–water partition coefficient (Wildman–Crippen LogP) is 2.28. The third-order valence-electron chi connectivity index (χ3n) is 2.66.